The highest BCUT2D eigenvalue weighted by atomic mass is 16.5. The highest BCUT2D eigenvalue weighted by molar-refractivity contribution is 5.97. The van der Waals surface area contributed by atoms with E-state index < -0.39 is 0 Å². The van der Waals surface area contributed by atoms with Gasteiger partial charge in [-0.2, -0.15) is 0 Å². The topological polar surface area (TPSA) is 51.5 Å². The monoisotopic (exact) mass is 337 g/mol. The molecule has 0 radical (unpaired) electrons. The molecule has 0 fully saturated rings. The molecular weight excluding hydrogens is 314 g/mol. The van der Waals surface area contributed by atoms with Gasteiger partial charge in [0, 0.05) is 5.39 Å². The summed E-state index contributed by atoms with van der Waals surface area (Å²) in [5, 5.41) is 3.96. The van der Waals surface area contributed by atoms with E-state index in [1.54, 1.807) is 13.2 Å². The number of amides is 1. The first-order valence-electron chi connectivity index (χ1n) is 8.51. The summed E-state index contributed by atoms with van der Waals surface area (Å²) >= 11 is 0. The van der Waals surface area contributed by atoms with E-state index >= 15 is 0 Å². The van der Waals surface area contributed by atoms with Crippen LogP contribution in [0.5, 0.6) is 5.75 Å². The van der Waals surface area contributed by atoms with Gasteiger partial charge in [-0.25, -0.2) is 0 Å². The maximum absolute atomic E-state index is 12.7. The Balaban J connectivity index is 1.86. The molecule has 25 heavy (non-hydrogen) atoms. The van der Waals surface area contributed by atoms with Crippen LogP contribution in [0.1, 0.15) is 42.4 Å². The van der Waals surface area contributed by atoms with E-state index in [2.05, 4.69) is 19.2 Å². The second-order valence-corrected chi connectivity index (χ2v) is 6.56. The van der Waals surface area contributed by atoms with Crippen molar-refractivity contribution in [3.63, 3.8) is 0 Å². The van der Waals surface area contributed by atoms with Gasteiger partial charge in [0.25, 0.3) is 5.91 Å². The van der Waals surface area contributed by atoms with Crippen LogP contribution in [0.25, 0.3) is 11.0 Å². The standard InChI is InChI=1S/C21H23NO3/c1-14(2)12-17(15-8-5-4-6-9-15)22-21(23)19-13-16-10-7-11-18(24-3)20(16)25-19/h4-11,13-14,17H,12H2,1-3H3,(H,22,23)/t17-/m1/s1. The van der Waals surface area contributed by atoms with E-state index in [0.29, 0.717) is 23.0 Å². The molecule has 0 saturated carbocycles. The molecule has 0 unspecified atom stereocenters. The van der Waals surface area contributed by atoms with Gasteiger partial charge in [-0.1, -0.05) is 56.3 Å². The highest BCUT2D eigenvalue weighted by Gasteiger charge is 2.20. The fourth-order valence-electron chi connectivity index (χ4n) is 2.97. The van der Waals surface area contributed by atoms with Crippen molar-refractivity contribution in [2.75, 3.05) is 7.11 Å². The summed E-state index contributed by atoms with van der Waals surface area (Å²) in [6.45, 7) is 4.29. The number of rotatable bonds is 6. The molecule has 0 aliphatic heterocycles. The summed E-state index contributed by atoms with van der Waals surface area (Å²) in [6, 6.07) is 17.3. The third-order valence-electron chi connectivity index (χ3n) is 4.17. The average Bonchev–Trinajstić information content (AvgIpc) is 3.06. The number of ether oxygens (including phenoxy) is 1. The molecule has 1 aromatic heterocycles. The molecule has 4 nitrogen and oxygen atoms in total. The van der Waals surface area contributed by atoms with Crippen LogP contribution >= 0.6 is 0 Å². The quantitative estimate of drug-likeness (QED) is 0.692. The number of carbonyl (C=O) groups excluding carboxylic acids is 1. The molecule has 3 aromatic rings. The minimum Gasteiger partial charge on any atom is -0.493 e. The van der Waals surface area contributed by atoms with Crippen molar-refractivity contribution in [1.82, 2.24) is 5.32 Å². The minimum atomic E-state index is -0.215. The first kappa shape index (κ1) is 17.1. The predicted molar refractivity (Wildman–Crippen MR) is 98.9 cm³/mol. The normalized spacial score (nSPS) is 12.3. The molecule has 0 bridgehead atoms. The fraction of sp³-hybridized carbons (Fsp3) is 0.286. The van der Waals surface area contributed by atoms with E-state index in [0.717, 1.165) is 17.4 Å². The summed E-state index contributed by atoms with van der Waals surface area (Å²) in [7, 11) is 1.59. The molecule has 1 N–H and O–H groups in total. The number of nitrogens with one attached hydrogen (secondary N) is 1. The lowest BCUT2D eigenvalue weighted by molar-refractivity contribution is 0.0906. The van der Waals surface area contributed by atoms with Gasteiger partial charge in [-0.05, 0) is 30.0 Å². The van der Waals surface area contributed by atoms with Crippen molar-refractivity contribution in [3.8, 4) is 5.75 Å². The molecule has 1 atom stereocenters. The number of hydrogen-bond donors (Lipinski definition) is 1. The molecule has 3 rings (SSSR count). The van der Waals surface area contributed by atoms with Crippen LogP contribution in [0.15, 0.2) is 59.0 Å². The van der Waals surface area contributed by atoms with Crippen LogP contribution in [0.2, 0.25) is 0 Å². The van der Waals surface area contributed by atoms with Gasteiger partial charge in [0.05, 0.1) is 13.2 Å². The van der Waals surface area contributed by atoms with Gasteiger partial charge in [-0.3, -0.25) is 4.79 Å². The van der Waals surface area contributed by atoms with Crippen molar-refractivity contribution in [1.29, 1.82) is 0 Å². The van der Waals surface area contributed by atoms with Gasteiger partial charge < -0.3 is 14.5 Å². The lowest BCUT2D eigenvalue weighted by Crippen LogP contribution is -2.29. The smallest absolute Gasteiger partial charge is 0.287 e. The molecule has 0 spiro atoms. The predicted octanol–water partition coefficient (Wildman–Crippen LogP) is 4.96. The lowest BCUT2D eigenvalue weighted by Gasteiger charge is -2.20. The van der Waals surface area contributed by atoms with Gasteiger partial charge in [0.1, 0.15) is 0 Å². The summed E-state index contributed by atoms with van der Waals surface area (Å²) in [4.78, 5) is 12.7. The van der Waals surface area contributed by atoms with Crippen LogP contribution in [0, 0.1) is 5.92 Å². The van der Waals surface area contributed by atoms with E-state index in [-0.39, 0.29) is 11.9 Å². The van der Waals surface area contributed by atoms with Crippen LogP contribution in [-0.4, -0.2) is 13.0 Å². The van der Waals surface area contributed by atoms with E-state index in [1.807, 2.05) is 48.5 Å². The fourth-order valence-corrected chi connectivity index (χ4v) is 2.97. The number of carbonyl (C=O) groups is 1. The SMILES string of the molecule is COc1cccc2cc(C(=O)N[C@H](CC(C)C)c3ccccc3)oc12. The Kier molecular flexibility index (Phi) is 5.08. The highest BCUT2D eigenvalue weighted by Crippen LogP contribution is 2.29. The largest absolute Gasteiger partial charge is 0.493 e. The van der Waals surface area contributed by atoms with Crippen molar-refractivity contribution in [2.24, 2.45) is 5.92 Å². The second-order valence-electron chi connectivity index (χ2n) is 6.56. The summed E-state index contributed by atoms with van der Waals surface area (Å²) < 4.78 is 11.1. The number of methoxy groups -OCH3 is 1. The van der Waals surface area contributed by atoms with Crippen molar-refractivity contribution in [3.05, 3.63) is 65.9 Å². The van der Waals surface area contributed by atoms with Crippen LogP contribution in [0.4, 0.5) is 0 Å². The Bertz CT molecular complexity index is 852. The Morgan fingerprint density at radius 3 is 2.56 bits per heavy atom. The molecule has 1 amide bonds. The molecule has 1 heterocycles. The summed E-state index contributed by atoms with van der Waals surface area (Å²) in [6.07, 6.45) is 0.860. The molecule has 0 aliphatic carbocycles. The first-order valence-corrected chi connectivity index (χ1v) is 8.51. The molecule has 0 aliphatic rings. The van der Waals surface area contributed by atoms with Gasteiger partial charge in [0.15, 0.2) is 17.1 Å². The lowest BCUT2D eigenvalue weighted by atomic mass is 9.97. The third-order valence-corrected chi connectivity index (χ3v) is 4.17. The van der Waals surface area contributed by atoms with Crippen molar-refractivity contribution in [2.45, 2.75) is 26.3 Å². The Morgan fingerprint density at radius 1 is 1.12 bits per heavy atom. The molecule has 0 saturated heterocycles. The second kappa shape index (κ2) is 7.43. The van der Waals surface area contributed by atoms with Crippen LogP contribution < -0.4 is 10.1 Å². The number of para-hydroxylation sites is 1. The third kappa shape index (κ3) is 3.85. The number of fused-ring (bicyclic) bond motifs is 1. The number of hydrogen-bond acceptors (Lipinski definition) is 3. The average molecular weight is 337 g/mol. The van der Waals surface area contributed by atoms with Gasteiger partial charge >= 0.3 is 0 Å². The Hall–Kier alpha value is -2.75. The molecule has 4 heteroatoms. The summed E-state index contributed by atoms with van der Waals surface area (Å²) in [5.41, 5.74) is 1.69. The number of furan rings is 1. The zero-order valence-electron chi connectivity index (χ0n) is 14.8. The maximum Gasteiger partial charge on any atom is 0.287 e. The molecule has 2 aromatic carbocycles. The van der Waals surface area contributed by atoms with E-state index in [4.69, 9.17) is 9.15 Å². The Morgan fingerprint density at radius 2 is 1.88 bits per heavy atom. The van der Waals surface area contributed by atoms with Gasteiger partial charge in [-0.15, -0.1) is 0 Å². The molecule has 130 valence electrons. The molecular formula is C21H23NO3. The zero-order chi connectivity index (χ0) is 17.8. The maximum atomic E-state index is 12.7. The van der Waals surface area contributed by atoms with Crippen molar-refractivity contribution >= 4 is 16.9 Å². The summed E-state index contributed by atoms with van der Waals surface area (Å²) in [5.74, 6) is 1.16. The first-order chi connectivity index (χ1) is 12.1. The van der Waals surface area contributed by atoms with E-state index in [9.17, 15) is 4.79 Å². The van der Waals surface area contributed by atoms with E-state index in [1.165, 1.54) is 0 Å². The number of benzene rings is 2. The Labute approximate surface area is 147 Å². The van der Waals surface area contributed by atoms with Crippen LogP contribution in [0.3, 0.4) is 0 Å². The zero-order valence-corrected chi connectivity index (χ0v) is 14.8. The van der Waals surface area contributed by atoms with Crippen LogP contribution in [-0.2, 0) is 0 Å². The van der Waals surface area contributed by atoms with Crippen molar-refractivity contribution < 1.29 is 13.9 Å². The minimum absolute atomic E-state index is 0.0520. The van der Waals surface area contributed by atoms with Gasteiger partial charge in [0.2, 0.25) is 0 Å².